The highest BCUT2D eigenvalue weighted by Crippen LogP contribution is 2.20. The van der Waals surface area contributed by atoms with Crippen LogP contribution in [0, 0.1) is 12.8 Å². The molecule has 0 amide bonds. The molecule has 0 heteroatoms. The molecule has 0 fully saturated rings. The Bertz CT molecular complexity index is 107. The maximum absolute atomic E-state index is 3.88. The van der Waals surface area contributed by atoms with Gasteiger partial charge in [0, 0.05) is 0 Å². The van der Waals surface area contributed by atoms with Gasteiger partial charge in [0.05, 0.1) is 0 Å². The topological polar surface area (TPSA) is 0 Å². The zero-order valence-corrected chi connectivity index (χ0v) is 11.1. The summed E-state index contributed by atoms with van der Waals surface area (Å²) < 4.78 is 0. The minimum atomic E-state index is 1.01. The molecule has 0 aliphatic carbocycles. The maximum Gasteiger partial charge on any atom is -0.0417 e. The van der Waals surface area contributed by atoms with Crippen molar-refractivity contribution in [2.45, 2.75) is 84.5 Å². The second-order valence-electron chi connectivity index (χ2n) is 4.83. The first-order chi connectivity index (χ1) is 7.35. The zero-order valence-electron chi connectivity index (χ0n) is 11.1. The van der Waals surface area contributed by atoms with E-state index in [1.54, 1.807) is 0 Å². The Morgan fingerprint density at radius 3 is 1.93 bits per heavy atom. The van der Waals surface area contributed by atoms with Crippen LogP contribution in [0.4, 0.5) is 0 Å². The highest BCUT2D eigenvalue weighted by atomic mass is 14.1. The van der Waals surface area contributed by atoms with Gasteiger partial charge in [-0.1, -0.05) is 91.4 Å². The van der Waals surface area contributed by atoms with Crippen molar-refractivity contribution in [2.75, 3.05) is 0 Å². The summed E-state index contributed by atoms with van der Waals surface area (Å²) in [5, 5.41) is 0. The molecule has 0 nitrogen and oxygen atoms in total. The second-order valence-corrected chi connectivity index (χ2v) is 4.83. The van der Waals surface area contributed by atoms with Crippen molar-refractivity contribution in [3.63, 3.8) is 0 Å². The molecule has 91 valence electrons. The SMILES string of the molecule is [CH2]CCCCCCC(CC)CCCCC. The lowest BCUT2D eigenvalue weighted by atomic mass is 9.92. The average molecular weight is 211 g/mol. The Morgan fingerprint density at radius 1 is 0.800 bits per heavy atom. The van der Waals surface area contributed by atoms with Gasteiger partial charge in [0.15, 0.2) is 0 Å². The lowest BCUT2D eigenvalue weighted by Gasteiger charge is -2.14. The summed E-state index contributed by atoms with van der Waals surface area (Å²) in [6, 6.07) is 0. The van der Waals surface area contributed by atoms with E-state index in [2.05, 4.69) is 20.8 Å². The Labute approximate surface area is 97.8 Å². The van der Waals surface area contributed by atoms with Gasteiger partial charge in [-0.05, 0) is 5.92 Å². The summed E-state index contributed by atoms with van der Waals surface area (Å²) in [7, 11) is 0. The van der Waals surface area contributed by atoms with E-state index in [4.69, 9.17) is 0 Å². The Balaban J connectivity index is 3.28. The lowest BCUT2D eigenvalue weighted by Crippen LogP contribution is -1.99. The van der Waals surface area contributed by atoms with Crippen LogP contribution in [0.15, 0.2) is 0 Å². The van der Waals surface area contributed by atoms with Crippen molar-refractivity contribution in [3.8, 4) is 0 Å². The van der Waals surface area contributed by atoms with Crippen molar-refractivity contribution in [2.24, 2.45) is 5.92 Å². The molecule has 0 bridgehead atoms. The summed E-state index contributed by atoms with van der Waals surface area (Å²) in [6.07, 6.45) is 15.3. The molecule has 0 saturated carbocycles. The first-order valence-electron chi connectivity index (χ1n) is 7.14. The van der Waals surface area contributed by atoms with Crippen LogP contribution in [0.1, 0.15) is 84.5 Å². The molecule has 15 heavy (non-hydrogen) atoms. The van der Waals surface area contributed by atoms with Crippen molar-refractivity contribution in [1.29, 1.82) is 0 Å². The summed E-state index contributed by atoms with van der Waals surface area (Å²) >= 11 is 0. The third-order valence-electron chi connectivity index (χ3n) is 3.41. The van der Waals surface area contributed by atoms with E-state index in [-0.39, 0.29) is 0 Å². The molecular formula is C15H31. The van der Waals surface area contributed by atoms with Gasteiger partial charge < -0.3 is 0 Å². The highest BCUT2D eigenvalue weighted by molar-refractivity contribution is 4.58. The zero-order chi connectivity index (χ0) is 11.4. The number of hydrogen-bond donors (Lipinski definition) is 0. The molecule has 0 aromatic rings. The monoisotopic (exact) mass is 211 g/mol. The van der Waals surface area contributed by atoms with Gasteiger partial charge in [-0.2, -0.15) is 0 Å². The summed E-state index contributed by atoms with van der Waals surface area (Å²) in [5.41, 5.74) is 0. The van der Waals surface area contributed by atoms with Crippen molar-refractivity contribution in [3.05, 3.63) is 6.92 Å². The van der Waals surface area contributed by atoms with Crippen LogP contribution < -0.4 is 0 Å². The maximum atomic E-state index is 3.88. The van der Waals surface area contributed by atoms with Gasteiger partial charge >= 0.3 is 0 Å². The standard InChI is InChI=1S/C15H31/c1-4-7-9-10-12-14-15(6-3)13-11-8-5-2/h15H,1,4-14H2,2-3H3. The van der Waals surface area contributed by atoms with Crippen LogP contribution in [0.2, 0.25) is 0 Å². The third-order valence-corrected chi connectivity index (χ3v) is 3.41. The molecular weight excluding hydrogens is 180 g/mol. The van der Waals surface area contributed by atoms with Crippen LogP contribution in [-0.2, 0) is 0 Å². The molecule has 0 aromatic heterocycles. The Morgan fingerprint density at radius 2 is 1.40 bits per heavy atom. The van der Waals surface area contributed by atoms with E-state index in [1.165, 1.54) is 64.2 Å². The predicted octanol–water partition coefficient (Wildman–Crippen LogP) is 5.77. The van der Waals surface area contributed by atoms with E-state index in [0.29, 0.717) is 0 Å². The molecule has 0 heterocycles. The smallest absolute Gasteiger partial charge is 0.0417 e. The highest BCUT2D eigenvalue weighted by Gasteiger charge is 2.05. The number of rotatable bonds is 11. The normalized spacial score (nSPS) is 13.0. The molecule has 1 unspecified atom stereocenters. The molecule has 0 aliphatic heterocycles. The summed E-state index contributed by atoms with van der Waals surface area (Å²) in [4.78, 5) is 0. The largest absolute Gasteiger partial charge is 0.0654 e. The van der Waals surface area contributed by atoms with Gasteiger partial charge in [-0.3, -0.25) is 0 Å². The van der Waals surface area contributed by atoms with Crippen molar-refractivity contribution >= 4 is 0 Å². The predicted molar refractivity (Wildman–Crippen MR) is 71.0 cm³/mol. The third kappa shape index (κ3) is 10.3. The van der Waals surface area contributed by atoms with E-state index in [9.17, 15) is 0 Å². The molecule has 0 saturated heterocycles. The molecule has 1 atom stereocenters. The van der Waals surface area contributed by atoms with Crippen LogP contribution in [0.5, 0.6) is 0 Å². The first kappa shape index (κ1) is 15.0. The Hall–Kier alpha value is 0. The first-order valence-corrected chi connectivity index (χ1v) is 7.14. The Kier molecular flexibility index (Phi) is 12.1. The van der Waals surface area contributed by atoms with Gasteiger partial charge in [-0.25, -0.2) is 0 Å². The van der Waals surface area contributed by atoms with E-state index in [1.807, 2.05) is 0 Å². The summed E-state index contributed by atoms with van der Waals surface area (Å²) in [6.45, 7) is 8.53. The van der Waals surface area contributed by atoms with Crippen molar-refractivity contribution < 1.29 is 0 Å². The quantitative estimate of drug-likeness (QED) is 0.381. The fourth-order valence-electron chi connectivity index (χ4n) is 2.20. The number of hydrogen-bond acceptors (Lipinski definition) is 0. The molecule has 0 aromatic carbocycles. The van der Waals surface area contributed by atoms with E-state index < -0.39 is 0 Å². The van der Waals surface area contributed by atoms with Crippen LogP contribution >= 0.6 is 0 Å². The molecule has 1 radical (unpaired) electrons. The molecule has 0 spiro atoms. The molecule has 0 aliphatic rings. The van der Waals surface area contributed by atoms with Gasteiger partial charge in [-0.15, -0.1) is 0 Å². The molecule has 0 rings (SSSR count). The molecule has 0 N–H and O–H groups in total. The van der Waals surface area contributed by atoms with Crippen LogP contribution in [0.25, 0.3) is 0 Å². The van der Waals surface area contributed by atoms with E-state index >= 15 is 0 Å². The van der Waals surface area contributed by atoms with Gasteiger partial charge in [0.25, 0.3) is 0 Å². The van der Waals surface area contributed by atoms with Gasteiger partial charge in [0.2, 0.25) is 0 Å². The lowest BCUT2D eigenvalue weighted by molar-refractivity contribution is 0.397. The number of unbranched alkanes of at least 4 members (excludes halogenated alkanes) is 6. The fraction of sp³-hybridized carbons (Fsp3) is 0.933. The fourth-order valence-corrected chi connectivity index (χ4v) is 2.20. The minimum Gasteiger partial charge on any atom is -0.0654 e. The van der Waals surface area contributed by atoms with Crippen LogP contribution in [0.3, 0.4) is 0 Å². The van der Waals surface area contributed by atoms with Crippen LogP contribution in [-0.4, -0.2) is 0 Å². The minimum absolute atomic E-state index is 1.01. The van der Waals surface area contributed by atoms with E-state index in [0.717, 1.165) is 12.3 Å². The second kappa shape index (κ2) is 12.1. The van der Waals surface area contributed by atoms with Gasteiger partial charge in [0.1, 0.15) is 0 Å². The van der Waals surface area contributed by atoms with Crippen molar-refractivity contribution in [1.82, 2.24) is 0 Å². The average Bonchev–Trinajstić information content (AvgIpc) is 2.26. The summed E-state index contributed by atoms with van der Waals surface area (Å²) in [5.74, 6) is 1.01.